The number of rotatable bonds is 8. The maximum Gasteiger partial charge on any atom is 0.221 e. The lowest BCUT2D eigenvalue weighted by Gasteiger charge is -2.26. The molecule has 164 valence electrons. The second-order valence-corrected chi connectivity index (χ2v) is 7.95. The zero-order valence-electron chi connectivity index (χ0n) is 18.2. The average Bonchev–Trinajstić information content (AvgIpc) is 3.21. The van der Waals surface area contributed by atoms with E-state index in [2.05, 4.69) is 38.7 Å². The summed E-state index contributed by atoms with van der Waals surface area (Å²) in [5.41, 5.74) is 4.07. The highest BCUT2D eigenvalue weighted by molar-refractivity contribution is 5.77. The van der Waals surface area contributed by atoms with E-state index >= 15 is 0 Å². The molecule has 0 aliphatic carbocycles. The van der Waals surface area contributed by atoms with Crippen LogP contribution in [0.4, 0.5) is 0 Å². The SMILES string of the molecule is COc1cccc(C(CC(=O)NCCN2CCOCC2)c2cnc3cc(C)ccn23)c1. The van der Waals surface area contributed by atoms with Gasteiger partial charge >= 0.3 is 0 Å². The summed E-state index contributed by atoms with van der Waals surface area (Å²) in [5.74, 6) is 0.680. The highest BCUT2D eigenvalue weighted by Gasteiger charge is 2.22. The van der Waals surface area contributed by atoms with Crippen molar-refractivity contribution >= 4 is 11.6 Å². The van der Waals surface area contributed by atoms with E-state index in [1.165, 1.54) is 0 Å². The van der Waals surface area contributed by atoms with Gasteiger partial charge in [-0.05, 0) is 42.3 Å². The summed E-state index contributed by atoms with van der Waals surface area (Å²) < 4.78 is 12.9. The van der Waals surface area contributed by atoms with Crippen molar-refractivity contribution in [2.75, 3.05) is 46.5 Å². The summed E-state index contributed by atoms with van der Waals surface area (Å²) in [5, 5.41) is 3.10. The van der Waals surface area contributed by atoms with Crippen molar-refractivity contribution in [1.29, 1.82) is 0 Å². The van der Waals surface area contributed by atoms with Crippen LogP contribution in [0.25, 0.3) is 5.65 Å². The maximum absolute atomic E-state index is 12.9. The molecule has 0 saturated carbocycles. The molecule has 31 heavy (non-hydrogen) atoms. The normalized spacial score (nSPS) is 15.7. The third-order valence-corrected chi connectivity index (χ3v) is 5.79. The first-order valence-electron chi connectivity index (χ1n) is 10.8. The van der Waals surface area contributed by atoms with Crippen LogP contribution in [0.5, 0.6) is 5.75 Å². The van der Waals surface area contributed by atoms with Gasteiger partial charge in [0.15, 0.2) is 0 Å². The van der Waals surface area contributed by atoms with Crippen molar-refractivity contribution in [3.8, 4) is 5.75 Å². The number of nitrogens with one attached hydrogen (secondary N) is 1. The van der Waals surface area contributed by atoms with Gasteiger partial charge < -0.3 is 19.2 Å². The maximum atomic E-state index is 12.9. The molecule has 1 unspecified atom stereocenters. The zero-order valence-corrected chi connectivity index (χ0v) is 18.2. The lowest BCUT2D eigenvalue weighted by Crippen LogP contribution is -2.41. The Kier molecular flexibility index (Phi) is 6.84. The number of methoxy groups -OCH3 is 1. The highest BCUT2D eigenvalue weighted by Crippen LogP contribution is 2.31. The Labute approximate surface area is 183 Å². The first-order valence-corrected chi connectivity index (χ1v) is 10.8. The van der Waals surface area contributed by atoms with E-state index < -0.39 is 0 Å². The average molecular weight is 423 g/mol. The number of carbonyl (C=O) groups is 1. The van der Waals surface area contributed by atoms with Gasteiger partial charge in [-0.2, -0.15) is 0 Å². The molecule has 0 bridgehead atoms. The van der Waals surface area contributed by atoms with Gasteiger partial charge in [-0.15, -0.1) is 0 Å². The molecule has 1 aromatic carbocycles. The molecule has 7 heteroatoms. The predicted octanol–water partition coefficient (Wildman–Crippen LogP) is 2.62. The fraction of sp³-hybridized carbons (Fsp3) is 0.417. The number of morpholine rings is 1. The van der Waals surface area contributed by atoms with Gasteiger partial charge in [0.05, 0.1) is 26.0 Å². The molecule has 1 aliphatic rings. The number of hydrogen-bond acceptors (Lipinski definition) is 5. The van der Waals surface area contributed by atoms with Gasteiger partial charge in [0, 0.05) is 50.9 Å². The number of carbonyl (C=O) groups excluding carboxylic acids is 1. The Balaban J connectivity index is 1.52. The fourth-order valence-corrected chi connectivity index (χ4v) is 4.05. The monoisotopic (exact) mass is 422 g/mol. The third kappa shape index (κ3) is 5.24. The number of nitrogens with zero attached hydrogens (tertiary/aromatic N) is 3. The Morgan fingerprint density at radius 1 is 1.26 bits per heavy atom. The van der Waals surface area contributed by atoms with Gasteiger partial charge in [-0.3, -0.25) is 9.69 Å². The number of aromatic nitrogens is 2. The fourth-order valence-electron chi connectivity index (χ4n) is 4.05. The molecule has 1 fully saturated rings. The van der Waals surface area contributed by atoms with Crippen LogP contribution < -0.4 is 10.1 Å². The predicted molar refractivity (Wildman–Crippen MR) is 120 cm³/mol. The van der Waals surface area contributed by atoms with Crippen LogP contribution in [0, 0.1) is 6.92 Å². The van der Waals surface area contributed by atoms with Crippen LogP contribution in [0.1, 0.15) is 29.2 Å². The van der Waals surface area contributed by atoms with Gasteiger partial charge in [-0.1, -0.05) is 12.1 Å². The van der Waals surface area contributed by atoms with Crippen molar-refractivity contribution in [3.05, 3.63) is 65.6 Å². The van der Waals surface area contributed by atoms with E-state index in [0.717, 1.165) is 61.1 Å². The van der Waals surface area contributed by atoms with E-state index in [0.29, 0.717) is 13.0 Å². The molecule has 1 N–H and O–H groups in total. The molecule has 4 rings (SSSR count). The molecule has 3 heterocycles. The molecule has 1 aliphatic heterocycles. The van der Waals surface area contributed by atoms with E-state index in [-0.39, 0.29) is 11.8 Å². The van der Waals surface area contributed by atoms with Gasteiger partial charge in [0.2, 0.25) is 5.91 Å². The van der Waals surface area contributed by atoms with Gasteiger partial charge in [-0.25, -0.2) is 4.98 Å². The summed E-state index contributed by atoms with van der Waals surface area (Å²) in [6.45, 7) is 6.89. The van der Waals surface area contributed by atoms with E-state index in [1.807, 2.05) is 36.7 Å². The largest absolute Gasteiger partial charge is 0.497 e. The number of benzene rings is 1. The highest BCUT2D eigenvalue weighted by atomic mass is 16.5. The lowest BCUT2D eigenvalue weighted by molar-refractivity contribution is -0.121. The Bertz CT molecular complexity index is 1030. The molecule has 1 amide bonds. The number of ether oxygens (including phenoxy) is 2. The molecule has 1 atom stereocenters. The first-order chi connectivity index (χ1) is 15.1. The number of amides is 1. The number of aryl methyl sites for hydroxylation is 1. The molecule has 0 radical (unpaired) electrons. The molecule has 7 nitrogen and oxygen atoms in total. The number of hydrogen-bond donors (Lipinski definition) is 1. The van der Waals surface area contributed by atoms with Crippen molar-refractivity contribution in [2.24, 2.45) is 0 Å². The second kappa shape index (κ2) is 9.94. The Morgan fingerprint density at radius 2 is 2.10 bits per heavy atom. The van der Waals surface area contributed by atoms with Crippen LogP contribution in [0.3, 0.4) is 0 Å². The topological polar surface area (TPSA) is 68.1 Å². The Morgan fingerprint density at radius 3 is 2.90 bits per heavy atom. The van der Waals surface area contributed by atoms with Crippen molar-refractivity contribution in [1.82, 2.24) is 19.6 Å². The summed E-state index contributed by atoms with van der Waals surface area (Å²) in [6.07, 6.45) is 4.24. The van der Waals surface area contributed by atoms with Crippen molar-refractivity contribution in [3.63, 3.8) is 0 Å². The minimum absolute atomic E-state index is 0.0307. The molecule has 3 aromatic rings. The van der Waals surface area contributed by atoms with Crippen LogP contribution in [0.15, 0.2) is 48.8 Å². The lowest BCUT2D eigenvalue weighted by atomic mass is 9.92. The zero-order chi connectivity index (χ0) is 21.6. The minimum Gasteiger partial charge on any atom is -0.497 e. The number of pyridine rings is 1. The molecule has 0 spiro atoms. The van der Waals surface area contributed by atoms with Crippen LogP contribution >= 0.6 is 0 Å². The Hall–Kier alpha value is -2.90. The van der Waals surface area contributed by atoms with Gasteiger partial charge in [0.1, 0.15) is 11.4 Å². The molecular formula is C24H30N4O3. The third-order valence-electron chi connectivity index (χ3n) is 5.79. The summed E-state index contributed by atoms with van der Waals surface area (Å²) in [6, 6.07) is 12.0. The minimum atomic E-state index is -0.129. The summed E-state index contributed by atoms with van der Waals surface area (Å²) >= 11 is 0. The molecule has 2 aromatic heterocycles. The summed E-state index contributed by atoms with van der Waals surface area (Å²) in [7, 11) is 1.66. The van der Waals surface area contributed by atoms with Crippen molar-refractivity contribution < 1.29 is 14.3 Å². The van der Waals surface area contributed by atoms with Crippen LogP contribution in [0.2, 0.25) is 0 Å². The molecule has 1 saturated heterocycles. The molecular weight excluding hydrogens is 392 g/mol. The summed E-state index contributed by atoms with van der Waals surface area (Å²) in [4.78, 5) is 19.8. The number of fused-ring (bicyclic) bond motifs is 1. The van der Waals surface area contributed by atoms with Gasteiger partial charge in [0.25, 0.3) is 0 Å². The quantitative estimate of drug-likeness (QED) is 0.604. The van der Waals surface area contributed by atoms with Crippen LogP contribution in [-0.2, 0) is 9.53 Å². The van der Waals surface area contributed by atoms with Crippen molar-refractivity contribution in [2.45, 2.75) is 19.3 Å². The van der Waals surface area contributed by atoms with E-state index in [9.17, 15) is 4.79 Å². The standard InChI is InChI=1S/C24H30N4O3/c1-18-6-8-28-22(17-26-23(28)14-18)21(19-4-3-5-20(15-19)30-2)16-24(29)25-7-9-27-10-12-31-13-11-27/h3-6,8,14-15,17,21H,7,9-13,16H2,1-2H3,(H,25,29). The van der Waals surface area contributed by atoms with Crippen LogP contribution in [-0.4, -0.2) is 66.7 Å². The van der Waals surface area contributed by atoms with E-state index in [4.69, 9.17) is 9.47 Å². The van der Waals surface area contributed by atoms with E-state index in [1.54, 1.807) is 7.11 Å². The number of imidazole rings is 1. The first kappa shape index (κ1) is 21.3. The smallest absolute Gasteiger partial charge is 0.221 e. The second-order valence-electron chi connectivity index (χ2n) is 7.95.